The van der Waals surface area contributed by atoms with Crippen molar-refractivity contribution in [1.82, 2.24) is 15.5 Å². The fraction of sp³-hybridized carbons (Fsp3) is 0.640. The van der Waals surface area contributed by atoms with Gasteiger partial charge in [0.1, 0.15) is 18.2 Å². The number of aryl methyl sites for hydroxylation is 1. The molecule has 0 saturated heterocycles. The van der Waals surface area contributed by atoms with E-state index in [1.807, 2.05) is 31.2 Å². The second-order valence-corrected chi connectivity index (χ2v) is 9.69. The molecule has 7 nitrogen and oxygen atoms in total. The molecular formula is C25H39N3O4. The lowest BCUT2D eigenvalue weighted by Crippen LogP contribution is -2.49. The first-order chi connectivity index (χ1) is 15.0. The molecule has 0 spiro atoms. The van der Waals surface area contributed by atoms with Crippen LogP contribution in [0.2, 0.25) is 0 Å². The van der Waals surface area contributed by atoms with E-state index < -0.39 is 17.7 Å². The molecule has 0 heterocycles. The topological polar surface area (TPSA) is 87.7 Å². The summed E-state index contributed by atoms with van der Waals surface area (Å²) in [4.78, 5) is 40.4. The Morgan fingerprint density at radius 2 is 1.81 bits per heavy atom. The zero-order valence-corrected chi connectivity index (χ0v) is 20.4. The molecule has 1 fully saturated rings. The van der Waals surface area contributed by atoms with Gasteiger partial charge < -0.3 is 20.3 Å². The summed E-state index contributed by atoms with van der Waals surface area (Å²) in [5.41, 5.74) is 1.11. The van der Waals surface area contributed by atoms with Crippen LogP contribution in [0.5, 0.6) is 0 Å². The lowest BCUT2D eigenvalue weighted by atomic mass is 9.98. The Morgan fingerprint density at radius 1 is 1.16 bits per heavy atom. The fourth-order valence-corrected chi connectivity index (χ4v) is 3.76. The molecule has 1 aliphatic carbocycles. The zero-order valence-electron chi connectivity index (χ0n) is 20.4. The molecule has 0 aliphatic heterocycles. The van der Waals surface area contributed by atoms with E-state index >= 15 is 0 Å². The second kappa shape index (κ2) is 11.3. The molecule has 1 aliphatic rings. The minimum atomic E-state index is -0.735. The summed E-state index contributed by atoms with van der Waals surface area (Å²) < 4.78 is 5.25. The Balaban J connectivity index is 2.25. The predicted molar refractivity (Wildman–Crippen MR) is 125 cm³/mol. The zero-order chi connectivity index (χ0) is 23.9. The van der Waals surface area contributed by atoms with Gasteiger partial charge in [-0.15, -0.1) is 0 Å². The highest BCUT2D eigenvalue weighted by Crippen LogP contribution is 2.40. The van der Waals surface area contributed by atoms with Gasteiger partial charge in [-0.3, -0.25) is 9.59 Å². The monoisotopic (exact) mass is 445 g/mol. The maximum absolute atomic E-state index is 13.4. The molecule has 7 heteroatoms. The quantitative estimate of drug-likeness (QED) is 0.531. The number of nitrogens with one attached hydrogen (secondary N) is 2. The van der Waals surface area contributed by atoms with Crippen LogP contribution in [0.1, 0.15) is 77.5 Å². The number of unbranched alkanes of at least 4 members (excludes halogenated alkanes) is 2. The minimum Gasteiger partial charge on any atom is -0.444 e. The van der Waals surface area contributed by atoms with Gasteiger partial charge in [-0.1, -0.05) is 51.0 Å². The maximum atomic E-state index is 13.4. The molecule has 0 aromatic heterocycles. The van der Waals surface area contributed by atoms with Crippen LogP contribution in [-0.4, -0.2) is 47.5 Å². The van der Waals surface area contributed by atoms with Gasteiger partial charge in [0.15, 0.2) is 0 Å². The molecule has 2 N–H and O–H groups in total. The molecule has 3 atom stereocenters. The molecule has 32 heavy (non-hydrogen) atoms. The van der Waals surface area contributed by atoms with Crippen molar-refractivity contribution in [3.05, 3.63) is 35.4 Å². The van der Waals surface area contributed by atoms with Gasteiger partial charge >= 0.3 is 6.09 Å². The summed E-state index contributed by atoms with van der Waals surface area (Å²) in [5.74, 6) is -0.165. The highest BCUT2D eigenvalue weighted by atomic mass is 16.6. The van der Waals surface area contributed by atoms with E-state index in [9.17, 15) is 14.4 Å². The predicted octanol–water partition coefficient (Wildman–Crippen LogP) is 4.10. The first-order valence-corrected chi connectivity index (χ1v) is 11.7. The summed E-state index contributed by atoms with van der Waals surface area (Å²) in [6, 6.07) is 6.89. The molecule has 3 unspecified atom stereocenters. The van der Waals surface area contributed by atoms with Crippen LogP contribution in [0.15, 0.2) is 24.3 Å². The van der Waals surface area contributed by atoms with Crippen molar-refractivity contribution in [2.24, 2.45) is 5.92 Å². The summed E-state index contributed by atoms with van der Waals surface area (Å²) in [6.45, 7) is 11.8. The molecule has 3 amide bonds. The molecule has 2 rings (SSSR count). The first-order valence-electron chi connectivity index (χ1n) is 11.7. The fourth-order valence-electron chi connectivity index (χ4n) is 3.76. The van der Waals surface area contributed by atoms with Gasteiger partial charge in [0.05, 0.1) is 0 Å². The number of hydrogen-bond acceptors (Lipinski definition) is 4. The second-order valence-electron chi connectivity index (χ2n) is 9.69. The Hall–Kier alpha value is -2.57. The smallest absolute Gasteiger partial charge is 0.408 e. The highest BCUT2D eigenvalue weighted by Gasteiger charge is 2.46. The molecule has 178 valence electrons. The minimum absolute atomic E-state index is 0.0334. The highest BCUT2D eigenvalue weighted by molar-refractivity contribution is 5.91. The third-order valence-electron chi connectivity index (χ3n) is 5.58. The van der Waals surface area contributed by atoms with Crippen molar-refractivity contribution in [2.75, 3.05) is 13.1 Å². The van der Waals surface area contributed by atoms with Crippen LogP contribution < -0.4 is 10.6 Å². The lowest BCUT2D eigenvalue weighted by molar-refractivity contribution is -0.141. The Bertz CT molecular complexity index is 803. The number of ether oxygens (including phenoxy) is 1. The number of carbonyl (C=O) groups is 3. The van der Waals surface area contributed by atoms with Gasteiger partial charge in [0.25, 0.3) is 0 Å². The third-order valence-corrected chi connectivity index (χ3v) is 5.58. The van der Waals surface area contributed by atoms with E-state index in [0.29, 0.717) is 12.5 Å². The average Bonchev–Trinajstić information content (AvgIpc) is 3.42. The molecule has 1 aromatic carbocycles. The number of hydrogen-bond donors (Lipinski definition) is 2. The summed E-state index contributed by atoms with van der Waals surface area (Å²) in [7, 11) is 0. The van der Waals surface area contributed by atoms with Crippen LogP contribution in [0.3, 0.4) is 0 Å². The van der Waals surface area contributed by atoms with Gasteiger partial charge in [-0.05, 0) is 57.6 Å². The van der Waals surface area contributed by atoms with Crippen LogP contribution in [0.4, 0.5) is 4.79 Å². The van der Waals surface area contributed by atoms with Crippen molar-refractivity contribution in [3.63, 3.8) is 0 Å². The van der Waals surface area contributed by atoms with Crippen LogP contribution >= 0.6 is 0 Å². The van der Waals surface area contributed by atoms with Crippen molar-refractivity contribution in [3.8, 4) is 0 Å². The number of alkyl carbamates (subject to hydrolysis) is 1. The Morgan fingerprint density at radius 3 is 2.38 bits per heavy atom. The van der Waals surface area contributed by atoms with Crippen molar-refractivity contribution < 1.29 is 19.1 Å². The summed E-state index contributed by atoms with van der Waals surface area (Å²) in [6.07, 6.45) is 3.20. The largest absolute Gasteiger partial charge is 0.444 e. The van der Waals surface area contributed by atoms with Crippen LogP contribution in [0.25, 0.3) is 0 Å². The molecular weight excluding hydrogens is 406 g/mol. The normalized spacial score (nSPS) is 18.4. The van der Waals surface area contributed by atoms with E-state index in [1.54, 1.807) is 25.7 Å². The number of amides is 3. The van der Waals surface area contributed by atoms with Crippen molar-refractivity contribution in [2.45, 2.75) is 84.9 Å². The van der Waals surface area contributed by atoms with Gasteiger partial charge in [0.2, 0.25) is 11.8 Å². The maximum Gasteiger partial charge on any atom is 0.408 e. The first kappa shape index (κ1) is 25.7. The van der Waals surface area contributed by atoms with E-state index in [0.717, 1.165) is 36.8 Å². The number of carbonyl (C=O) groups excluding carboxylic acids is 3. The van der Waals surface area contributed by atoms with Gasteiger partial charge in [0, 0.05) is 12.6 Å². The van der Waals surface area contributed by atoms with Crippen molar-refractivity contribution >= 4 is 17.9 Å². The molecule has 0 radical (unpaired) electrons. The standard InChI is InChI=1S/C25H39N3O4/c1-7-8-11-14-26-23(30)22(19-13-10-9-12-17(19)2)28(20-15-18(20)3)21(29)16-27-24(31)32-25(4,5)6/h9-10,12-13,18,20,22H,7-8,11,14-16H2,1-6H3,(H,26,30)(H,27,31). The average molecular weight is 446 g/mol. The van der Waals surface area contributed by atoms with E-state index in [-0.39, 0.29) is 24.4 Å². The molecule has 0 bridgehead atoms. The van der Waals surface area contributed by atoms with E-state index in [1.165, 1.54) is 0 Å². The van der Waals surface area contributed by atoms with E-state index in [4.69, 9.17) is 4.74 Å². The lowest BCUT2D eigenvalue weighted by Gasteiger charge is -2.33. The number of benzene rings is 1. The Labute approximate surface area is 192 Å². The SMILES string of the molecule is CCCCCNC(=O)C(c1ccccc1C)N(C(=O)CNC(=O)OC(C)(C)C)C1CC1C. The van der Waals surface area contributed by atoms with Gasteiger partial charge in [-0.25, -0.2) is 4.79 Å². The summed E-state index contributed by atoms with van der Waals surface area (Å²) in [5, 5.41) is 5.58. The molecule has 1 saturated carbocycles. The number of rotatable bonds is 10. The van der Waals surface area contributed by atoms with Crippen molar-refractivity contribution in [1.29, 1.82) is 0 Å². The number of nitrogens with zero attached hydrogens (tertiary/aromatic N) is 1. The third kappa shape index (κ3) is 7.53. The summed E-state index contributed by atoms with van der Waals surface area (Å²) >= 11 is 0. The van der Waals surface area contributed by atoms with Gasteiger partial charge in [-0.2, -0.15) is 0 Å². The van der Waals surface area contributed by atoms with E-state index in [2.05, 4.69) is 24.5 Å². The molecule has 1 aromatic rings. The van der Waals surface area contributed by atoms with Crippen LogP contribution in [-0.2, 0) is 14.3 Å². The Kier molecular flexibility index (Phi) is 9.10. The van der Waals surface area contributed by atoms with Crippen LogP contribution in [0, 0.1) is 12.8 Å².